The predicted octanol–water partition coefficient (Wildman–Crippen LogP) is 9.10. The van der Waals surface area contributed by atoms with Crippen LogP contribution in [0.5, 0.6) is 17.2 Å². The first-order valence-corrected chi connectivity index (χ1v) is 14.5. The largest absolute Gasteiger partial charge is 0.508 e. The maximum atomic E-state index is 13.6. The molecular formula is C34H44ClNO4. The maximum absolute atomic E-state index is 13.6. The van der Waals surface area contributed by atoms with Crippen LogP contribution in [-0.2, 0) is 22.2 Å². The molecule has 0 fully saturated rings. The number of nitrogens with one attached hydrogen (secondary N) is 1. The van der Waals surface area contributed by atoms with Crippen LogP contribution in [-0.4, -0.2) is 17.1 Å². The lowest BCUT2D eigenvalue weighted by molar-refractivity contribution is -0.122. The Morgan fingerprint density at radius 2 is 1.62 bits per heavy atom. The van der Waals surface area contributed by atoms with Crippen molar-refractivity contribution in [2.24, 2.45) is 0 Å². The molecule has 0 bridgehead atoms. The molecule has 1 unspecified atom stereocenters. The summed E-state index contributed by atoms with van der Waals surface area (Å²) in [5.74, 6) is 0.643. The summed E-state index contributed by atoms with van der Waals surface area (Å²) in [5.41, 5.74) is 3.96. The standard InChI is InChI=1S/C34H44ClNO4/c1-9-28(40-29-18-17-24(33(5,6)10-2)19-25(29)34(7,8)11-3)32(38)36-26-20-27(37)22(4)30(35)31(26)39-21-23-15-13-12-14-16-23/h12-20,28,37H,9-11,21H2,1-8H3,(H,36,38). The summed E-state index contributed by atoms with van der Waals surface area (Å²) in [7, 11) is 0. The van der Waals surface area contributed by atoms with Gasteiger partial charge in [-0.15, -0.1) is 0 Å². The molecule has 0 radical (unpaired) electrons. The SMILES string of the molecule is CCC(Oc1ccc(C(C)(C)CC)cc1C(C)(C)CC)C(=O)Nc1cc(O)c(C)c(Cl)c1OCc1ccccc1. The van der Waals surface area contributed by atoms with E-state index in [0.29, 0.717) is 29.2 Å². The first kappa shape index (κ1) is 31.3. The maximum Gasteiger partial charge on any atom is 0.265 e. The quantitative estimate of drug-likeness (QED) is 0.230. The summed E-state index contributed by atoms with van der Waals surface area (Å²) in [6, 6.07) is 17.5. The Labute approximate surface area is 244 Å². The number of carbonyl (C=O) groups is 1. The van der Waals surface area contributed by atoms with Gasteiger partial charge in [0, 0.05) is 17.2 Å². The second-order valence-electron chi connectivity index (χ2n) is 11.7. The van der Waals surface area contributed by atoms with Gasteiger partial charge in [0.25, 0.3) is 5.91 Å². The van der Waals surface area contributed by atoms with Crippen molar-refractivity contribution in [3.05, 3.63) is 81.9 Å². The molecule has 216 valence electrons. The number of anilines is 1. The lowest BCUT2D eigenvalue weighted by atomic mass is 9.76. The Kier molecular flexibility index (Phi) is 10.2. The van der Waals surface area contributed by atoms with Crippen LogP contribution in [0.1, 0.15) is 90.0 Å². The van der Waals surface area contributed by atoms with Crippen molar-refractivity contribution < 1.29 is 19.4 Å². The molecule has 0 aliphatic heterocycles. The van der Waals surface area contributed by atoms with Crippen molar-refractivity contribution in [1.82, 2.24) is 0 Å². The second kappa shape index (κ2) is 13.0. The zero-order valence-corrected chi connectivity index (χ0v) is 25.9. The Bertz CT molecular complexity index is 1320. The molecule has 0 heterocycles. The minimum absolute atomic E-state index is 0.0255. The van der Waals surface area contributed by atoms with E-state index in [1.807, 2.05) is 43.3 Å². The molecule has 0 aromatic heterocycles. The van der Waals surface area contributed by atoms with E-state index in [0.717, 1.165) is 24.0 Å². The van der Waals surface area contributed by atoms with Gasteiger partial charge in [-0.05, 0) is 54.2 Å². The summed E-state index contributed by atoms with van der Waals surface area (Å²) in [6.45, 7) is 17.1. The average Bonchev–Trinajstić information content (AvgIpc) is 2.94. The fourth-order valence-electron chi connectivity index (χ4n) is 4.34. The molecule has 0 aliphatic rings. The molecule has 0 saturated heterocycles. The van der Waals surface area contributed by atoms with Crippen molar-refractivity contribution >= 4 is 23.2 Å². The third-order valence-electron chi connectivity index (χ3n) is 8.11. The van der Waals surface area contributed by atoms with Crippen LogP contribution in [0.15, 0.2) is 54.6 Å². The fourth-order valence-corrected chi connectivity index (χ4v) is 4.59. The number of rotatable bonds is 12. The number of benzene rings is 3. The highest BCUT2D eigenvalue weighted by atomic mass is 35.5. The van der Waals surface area contributed by atoms with Crippen LogP contribution in [0.2, 0.25) is 5.02 Å². The summed E-state index contributed by atoms with van der Waals surface area (Å²) in [6.07, 6.45) is 1.62. The van der Waals surface area contributed by atoms with Crippen molar-refractivity contribution in [1.29, 1.82) is 0 Å². The van der Waals surface area contributed by atoms with Gasteiger partial charge in [-0.25, -0.2) is 0 Å². The number of amides is 1. The van der Waals surface area contributed by atoms with Gasteiger partial charge in [-0.3, -0.25) is 4.79 Å². The van der Waals surface area contributed by atoms with Crippen LogP contribution in [0.4, 0.5) is 5.69 Å². The molecule has 3 aromatic rings. The first-order valence-electron chi connectivity index (χ1n) is 14.2. The first-order chi connectivity index (χ1) is 18.8. The van der Waals surface area contributed by atoms with E-state index in [2.05, 4.69) is 59.0 Å². The number of hydrogen-bond acceptors (Lipinski definition) is 4. The molecule has 1 amide bonds. The van der Waals surface area contributed by atoms with Crippen molar-refractivity contribution in [3.8, 4) is 17.2 Å². The summed E-state index contributed by atoms with van der Waals surface area (Å²) in [5, 5.41) is 13.6. The monoisotopic (exact) mass is 565 g/mol. The molecule has 2 N–H and O–H groups in total. The smallest absolute Gasteiger partial charge is 0.265 e. The molecule has 0 aliphatic carbocycles. The number of ether oxygens (including phenoxy) is 2. The topological polar surface area (TPSA) is 67.8 Å². The van der Waals surface area contributed by atoms with E-state index in [4.69, 9.17) is 21.1 Å². The van der Waals surface area contributed by atoms with E-state index in [9.17, 15) is 9.90 Å². The summed E-state index contributed by atoms with van der Waals surface area (Å²) < 4.78 is 12.5. The number of phenols is 1. The third-order valence-corrected chi connectivity index (χ3v) is 8.57. The molecule has 3 rings (SSSR count). The third kappa shape index (κ3) is 7.11. The Morgan fingerprint density at radius 1 is 0.975 bits per heavy atom. The molecule has 1 atom stereocenters. The molecule has 0 saturated carbocycles. The minimum Gasteiger partial charge on any atom is -0.508 e. The number of aromatic hydroxyl groups is 1. The van der Waals surface area contributed by atoms with Crippen molar-refractivity contribution in [3.63, 3.8) is 0 Å². The summed E-state index contributed by atoms with van der Waals surface area (Å²) in [4.78, 5) is 13.6. The zero-order chi connectivity index (χ0) is 29.7. The normalized spacial score (nSPS) is 12.6. The van der Waals surface area contributed by atoms with Crippen molar-refractivity contribution in [2.75, 3.05) is 5.32 Å². The highest BCUT2D eigenvalue weighted by Gasteiger charge is 2.29. The van der Waals surface area contributed by atoms with Gasteiger partial charge >= 0.3 is 0 Å². The molecule has 6 heteroatoms. The minimum atomic E-state index is -0.763. The van der Waals surface area contributed by atoms with Crippen LogP contribution < -0.4 is 14.8 Å². The number of carbonyl (C=O) groups excluding carboxylic acids is 1. The summed E-state index contributed by atoms with van der Waals surface area (Å²) >= 11 is 6.58. The second-order valence-corrected chi connectivity index (χ2v) is 12.1. The van der Waals surface area contributed by atoms with Crippen LogP contribution in [0.3, 0.4) is 0 Å². The highest BCUT2D eigenvalue weighted by molar-refractivity contribution is 6.33. The van der Waals surface area contributed by atoms with Gasteiger partial charge in [0.15, 0.2) is 11.9 Å². The fraction of sp³-hybridized carbons (Fsp3) is 0.441. The molecule has 40 heavy (non-hydrogen) atoms. The van der Waals surface area contributed by atoms with Crippen LogP contribution >= 0.6 is 11.6 Å². The molecule has 0 spiro atoms. The molecule has 3 aromatic carbocycles. The highest BCUT2D eigenvalue weighted by Crippen LogP contribution is 2.42. The van der Waals surface area contributed by atoms with E-state index >= 15 is 0 Å². The van der Waals surface area contributed by atoms with E-state index in [1.54, 1.807) is 6.92 Å². The average molecular weight is 566 g/mol. The lowest BCUT2D eigenvalue weighted by Gasteiger charge is -2.31. The van der Waals surface area contributed by atoms with Crippen LogP contribution in [0.25, 0.3) is 0 Å². The Morgan fingerprint density at radius 3 is 2.23 bits per heavy atom. The number of halogens is 1. The van der Waals surface area contributed by atoms with Gasteiger partial charge < -0.3 is 19.9 Å². The van der Waals surface area contributed by atoms with Crippen LogP contribution in [0, 0.1) is 6.92 Å². The Hall–Kier alpha value is -3.18. The van der Waals surface area contributed by atoms with E-state index in [-0.39, 0.29) is 34.1 Å². The van der Waals surface area contributed by atoms with Gasteiger partial charge in [-0.1, -0.05) is 103 Å². The van der Waals surface area contributed by atoms with Gasteiger partial charge in [0.1, 0.15) is 18.1 Å². The Balaban J connectivity index is 1.92. The van der Waals surface area contributed by atoms with Crippen molar-refractivity contribution in [2.45, 2.75) is 98.2 Å². The van der Waals surface area contributed by atoms with Gasteiger partial charge in [0.2, 0.25) is 0 Å². The number of phenolic OH excluding ortho intramolecular Hbond substituents is 1. The zero-order valence-electron chi connectivity index (χ0n) is 25.2. The van der Waals surface area contributed by atoms with E-state index in [1.165, 1.54) is 11.6 Å². The number of hydrogen-bond donors (Lipinski definition) is 2. The predicted molar refractivity (Wildman–Crippen MR) is 165 cm³/mol. The molecule has 5 nitrogen and oxygen atoms in total. The molecular weight excluding hydrogens is 522 g/mol. The lowest BCUT2D eigenvalue weighted by Crippen LogP contribution is -2.33. The van der Waals surface area contributed by atoms with E-state index < -0.39 is 6.10 Å². The van der Waals surface area contributed by atoms with Gasteiger partial charge in [0.05, 0.1) is 10.7 Å². The van der Waals surface area contributed by atoms with Gasteiger partial charge in [-0.2, -0.15) is 0 Å².